The van der Waals surface area contributed by atoms with Gasteiger partial charge < -0.3 is 10.2 Å². The zero-order chi connectivity index (χ0) is 12.4. The van der Waals surface area contributed by atoms with Gasteiger partial charge in [-0.2, -0.15) is 5.26 Å². The van der Waals surface area contributed by atoms with Crippen LogP contribution in [0.15, 0.2) is 12.1 Å². The minimum absolute atomic E-state index is 0.179. The summed E-state index contributed by atoms with van der Waals surface area (Å²) < 4.78 is 26.3. The standard InChI is InChI=1S/C12H13F2N3/c1-8-7-17(3-2-16-8)12-5-11(14)10(13)4-9(12)6-15/h4-5,8,16H,2-3,7H2,1H3/t8-/m0/s1. The molecule has 2 rings (SSSR count). The lowest BCUT2D eigenvalue weighted by atomic mass is 10.1. The van der Waals surface area contributed by atoms with Gasteiger partial charge in [-0.25, -0.2) is 8.78 Å². The van der Waals surface area contributed by atoms with Crippen molar-refractivity contribution < 1.29 is 8.78 Å². The Bertz CT molecular complexity index is 468. The van der Waals surface area contributed by atoms with Crippen LogP contribution in [0.3, 0.4) is 0 Å². The third-order valence-electron chi connectivity index (χ3n) is 2.87. The van der Waals surface area contributed by atoms with Crippen molar-refractivity contribution in [2.24, 2.45) is 0 Å². The molecule has 0 aliphatic carbocycles. The first kappa shape index (κ1) is 11.8. The van der Waals surface area contributed by atoms with E-state index in [2.05, 4.69) is 5.32 Å². The molecule has 1 heterocycles. The number of nitriles is 1. The molecule has 5 heteroatoms. The first-order valence-electron chi connectivity index (χ1n) is 5.49. The summed E-state index contributed by atoms with van der Waals surface area (Å²) in [6.07, 6.45) is 0. The van der Waals surface area contributed by atoms with Gasteiger partial charge >= 0.3 is 0 Å². The van der Waals surface area contributed by atoms with E-state index in [0.717, 1.165) is 18.7 Å². The molecule has 3 nitrogen and oxygen atoms in total. The van der Waals surface area contributed by atoms with Crippen LogP contribution in [0.4, 0.5) is 14.5 Å². The number of halogens is 2. The molecule has 0 aromatic heterocycles. The molecule has 0 unspecified atom stereocenters. The summed E-state index contributed by atoms with van der Waals surface area (Å²) in [5.41, 5.74) is 0.651. The van der Waals surface area contributed by atoms with Crippen LogP contribution in [0, 0.1) is 23.0 Å². The average Bonchev–Trinajstić information content (AvgIpc) is 2.32. The lowest BCUT2D eigenvalue weighted by Crippen LogP contribution is -2.49. The fourth-order valence-corrected chi connectivity index (χ4v) is 2.04. The highest BCUT2D eigenvalue weighted by Gasteiger charge is 2.20. The van der Waals surface area contributed by atoms with Gasteiger partial charge in [0.15, 0.2) is 11.6 Å². The fourth-order valence-electron chi connectivity index (χ4n) is 2.04. The van der Waals surface area contributed by atoms with Crippen LogP contribution in [-0.2, 0) is 0 Å². The van der Waals surface area contributed by atoms with E-state index in [9.17, 15) is 8.78 Å². The molecule has 1 aliphatic heterocycles. The second-order valence-corrected chi connectivity index (χ2v) is 4.20. The first-order chi connectivity index (χ1) is 8.11. The normalized spacial score (nSPS) is 20.1. The molecule has 0 bridgehead atoms. The third-order valence-corrected chi connectivity index (χ3v) is 2.87. The second kappa shape index (κ2) is 4.68. The molecule has 0 spiro atoms. The number of anilines is 1. The Kier molecular flexibility index (Phi) is 3.25. The van der Waals surface area contributed by atoms with Crippen LogP contribution in [0.1, 0.15) is 12.5 Å². The average molecular weight is 237 g/mol. The molecule has 0 radical (unpaired) electrons. The van der Waals surface area contributed by atoms with Gasteiger partial charge in [-0.05, 0) is 13.0 Å². The van der Waals surface area contributed by atoms with E-state index in [-0.39, 0.29) is 11.6 Å². The van der Waals surface area contributed by atoms with E-state index in [0.29, 0.717) is 18.8 Å². The highest BCUT2D eigenvalue weighted by Crippen LogP contribution is 2.24. The molecule has 1 aromatic carbocycles. The van der Waals surface area contributed by atoms with Crippen molar-refractivity contribution in [1.29, 1.82) is 5.26 Å². The second-order valence-electron chi connectivity index (χ2n) is 4.20. The number of piperazine rings is 1. The van der Waals surface area contributed by atoms with E-state index in [1.807, 2.05) is 17.9 Å². The Hall–Kier alpha value is -1.67. The highest BCUT2D eigenvalue weighted by atomic mass is 19.2. The topological polar surface area (TPSA) is 39.1 Å². The van der Waals surface area contributed by atoms with Gasteiger partial charge in [-0.3, -0.25) is 0 Å². The van der Waals surface area contributed by atoms with Crippen LogP contribution in [0.5, 0.6) is 0 Å². The largest absolute Gasteiger partial charge is 0.368 e. The van der Waals surface area contributed by atoms with Gasteiger partial charge in [0.2, 0.25) is 0 Å². The first-order valence-corrected chi connectivity index (χ1v) is 5.49. The quantitative estimate of drug-likeness (QED) is 0.807. The van der Waals surface area contributed by atoms with E-state index in [4.69, 9.17) is 5.26 Å². The summed E-state index contributed by atoms with van der Waals surface area (Å²) in [5.74, 6) is -1.89. The van der Waals surface area contributed by atoms with Gasteiger partial charge in [0.25, 0.3) is 0 Å². The van der Waals surface area contributed by atoms with Crippen LogP contribution in [0.2, 0.25) is 0 Å². The molecule has 1 saturated heterocycles. The number of rotatable bonds is 1. The van der Waals surface area contributed by atoms with Crippen molar-refractivity contribution in [3.05, 3.63) is 29.3 Å². The summed E-state index contributed by atoms with van der Waals surface area (Å²) in [4.78, 5) is 1.90. The molecule has 1 N–H and O–H groups in total. The summed E-state index contributed by atoms with van der Waals surface area (Å²) in [6.45, 7) is 4.15. The minimum atomic E-state index is -0.978. The molecule has 1 fully saturated rings. The Morgan fingerprint density at radius 2 is 2.12 bits per heavy atom. The summed E-state index contributed by atoms with van der Waals surface area (Å²) in [5, 5.41) is 12.2. The zero-order valence-corrected chi connectivity index (χ0v) is 9.50. The minimum Gasteiger partial charge on any atom is -0.368 e. The Labute approximate surface area is 98.6 Å². The van der Waals surface area contributed by atoms with Crippen molar-refractivity contribution in [2.75, 3.05) is 24.5 Å². The van der Waals surface area contributed by atoms with Crippen LogP contribution >= 0.6 is 0 Å². The number of nitrogens with zero attached hydrogens (tertiary/aromatic N) is 2. The molecule has 0 amide bonds. The van der Waals surface area contributed by atoms with Crippen LogP contribution < -0.4 is 10.2 Å². The maximum atomic E-state index is 13.2. The fraction of sp³-hybridized carbons (Fsp3) is 0.417. The molecule has 90 valence electrons. The lowest BCUT2D eigenvalue weighted by molar-refractivity contribution is 0.480. The molecular weight excluding hydrogens is 224 g/mol. The van der Waals surface area contributed by atoms with Gasteiger partial charge in [-0.15, -0.1) is 0 Å². The van der Waals surface area contributed by atoms with Crippen molar-refractivity contribution in [2.45, 2.75) is 13.0 Å². The van der Waals surface area contributed by atoms with Crippen molar-refractivity contribution in [3.8, 4) is 6.07 Å². The number of benzene rings is 1. The SMILES string of the molecule is C[C@H]1CN(c2cc(F)c(F)cc2C#N)CCN1. The molecule has 0 saturated carbocycles. The number of hydrogen-bond donors (Lipinski definition) is 1. The van der Waals surface area contributed by atoms with E-state index < -0.39 is 11.6 Å². The van der Waals surface area contributed by atoms with Crippen molar-refractivity contribution in [3.63, 3.8) is 0 Å². The zero-order valence-electron chi connectivity index (χ0n) is 9.50. The summed E-state index contributed by atoms with van der Waals surface area (Å²) in [6, 6.07) is 4.23. The summed E-state index contributed by atoms with van der Waals surface area (Å²) >= 11 is 0. The Morgan fingerprint density at radius 1 is 1.41 bits per heavy atom. The predicted molar refractivity (Wildman–Crippen MR) is 60.8 cm³/mol. The van der Waals surface area contributed by atoms with Crippen molar-refractivity contribution in [1.82, 2.24) is 5.32 Å². The van der Waals surface area contributed by atoms with E-state index in [1.165, 1.54) is 0 Å². The smallest absolute Gasteiger partial charge is 0.160 e. The highest BCUT2D eigenvalue weighted by molar-refractivity contribution is 5.60. The molecule has 1 aliphatic rings. The predicted octanol–water partition coefficient (Wildman–Crippen LogP) is 1.63. The molecule has 1 atom stereocenters. The van der Waals surface area contributed by atoms with Gasteiger partial charge in [0, 0.05) is 31.7 Å². The molecule has 1 aromatic rings. The van der Waals surface area contributed by atoms with Gasteiger partial charge in [0.05, 0.1) is 11.3 Å². The molecular formula is C12H13F2N3. The molecule has 17 heavy (non-hydrogen) atoms. The van der Waals surface area contributed by atoms with E-state index >= 15 is 0 Å². The van der Waals surface area contributed by atoms with Crippen LogP contribution in [0.25, 0.3) is 0 Å². The van der Waals surface area contributed by atoms with Gasteiger partial charge in [0.1, 0.15) is 6.07 Å². The summed E-state index contributed by atoms with van der Waals surface area (Å²) in [7, 11) is 0. The van der Waals surface area contributed by atoms with Gasteiger partial charge in [-0.1, -0.05) is 0 Å². The maximum absolute atomic E-state index is 13.2. The third kappa shape index (κ3) is 2.37. The number of hydrogen-bond acceptors (Lipinski definition) is 3. The maximum Gasteiger partial charge on any atom is 0.160 e. The Morgan fingerprint density at radius 3 is 2.76 bits per heavy atom. The van der Waals surface area contributed by atoms with Crippen LogP contribution in [-0.4, -0.2) is 25.7 Å². The Balaban J connectivity index is 2.37. The monoisotopic (exact) mass is 237 g/mol. The van der Waals surface area contributed by atoms with E-state index in [1.54, 1.807) is 0 Å². The number of nitrogens with one attached hydrogen (secondary N) is 1. The van der Waals surface area contributed by atoms with Crippen molar-refractivity contribution >= 4 is 5.69 Å². The lowest BCUT2D eigenvalue weighted by Gasteiger charge is -2.34.